The van der Waals surface area contributed by atoms with E-state index in [0.29, 0.717) is 11.1 Å². The number of thiophene rings is 1. The Kier molecular flexibility index (Phi) is 5.00. The number of carboxylic acid groups (broad SMARTS) is 1. The molecular weight excluding hydrogens is 330 g/mol. The third-order valence-corrected chi connectivity index (χ3v) is 4.98. The lowest BCUT2D eigenvalue weighted by molar-refractivity contribution is -0.130. The van der Waals surface area contributed by atoms with Gasteiger partial charge in [-0.25, -0.2) is 4.79 Å². The minimum Gasteiger partial charge on any atom is -0.478 e. The van der Waals surface area contributed by atoms with Gasteiger partial charge in [0.15, 0.2) is 0 Å². The van der Waals surface area contributed by atoms with Crippen molar-refractivity contribution < 1.29 is 9.90 Å². The molecule has 0 aliphatic rings. The lowest BCUT2D eigenvalue weighted by Gasteiger charge is -2.12. The third-order valence-electron chi connectivity index (χ3n) is 3.90. The second-order valence-corrected chi connectivity index (χ2v) is 6.99. The number of benzene rings is 2. The van der Waals surface area contributed by atoms with Crippen molar-refractivity contribution in [3.05, 3.63) is 77.2 Å². The van der Waals surface area contributed by atoms with E-state index in [2.05, 4.69) is 29.2 Å². The van der Waals surface area contributed by atoms with Gasteiger partial charge < -0.3 is 10.0 Å². The van der Waals surface area contributed by atoms with Crippen molar-refractivity contribution in [1.29, 1.82) is 0 Å². The van der Waals surface area contributed by atoms with E-state index in [0.717, 1.165) is 21.0 Å². The van der Waals surface area contributed by atoms with Gasteiger partial charge >= 0.3 is 5.97 Å². The summed E-state index contributed by atoms with van der Waals surface area (Å²) in [5, 5.41) is 9.53. The second kappa shape index (κ2) is 7.36. The third kappa shape index (κ3) is 3.98. The fourth-order valence-corrected chi connectivity index (χ4v) is 3.49. The molecule has 0 bridgehead atoms. The largest absolute Gasteiger partial charge is 0.478 e. The molecule has 3 nitrogen and oxygen atoms in total. The Hall–Kier alpha value is -2.85. The van der Waals surface area contributed by atoms with E-state index in [1.54, 1.807) is 17.4 Å². The van der Waals surface area contributed by atoms with Gasteiger partial charge in [-0.2, -0.15) is 0 Å². The molecule has 0 fully saturated rings. The smallest absolute Gasteiger partial charge is 0.336 e. The normalized spacial score (nSPS) is 11.4. The summed E-state index contributed by atoms with van der Waals surface area (Å²) in [5.74, 6) is -0.920. The number of hydrogen-bond acceptors (Lipinski definition) is 3. The molecule has 0 aliphatic heterocycles. The average molecular weight is 349 g/mol. The number of anilines is 1. The van der Waals surface area contributed by atoms with Gasteiger partial charge in [-0.05, 0) is 41.5 Å². The highest BCUT2D eigenvalue weighted by Crippen LogP contribution is 2.31. The molecule has 1 heterocycles. The van der Waals surface area contributed by atoms with Crippen molar-refractivity contribution in [1.82, 2.24) is 0 Å². The van der Waals surface area contributed by atoms with Crippen LogP contribution in [0.5, 0.6) is 0 Å². The van der Waals surface area contributed by atoms with Crippen LogP contribution in [0, 0.1) is 0 Å². The van der Waals surface area contributed by atoms with Crippen LogP contribution in [0.2, 0.25) is 0 Å². The first-order valence-electron chi connectivity index (χ1n) is 7.92. The summed E-state index contributed by atoms with van der Waals surface area (Å²) in [7, 11) is 4.03. The van der Waals surface area contributed by atoms with Crippen molar-refractivity contribution in [2.45, 2.75) is 0 Å². The number of aliphatic carboxylic acids is 1. The second-order valence-electron chi connectivity index (χ2n) is 5.87. The van der Waals surface area contributed by atoms with Crippen molar-refractivity contribution in [2.24, 2.45) is 0 Å². The molecule has 2 aromatic carbocycles. The fraction of sp³-hybridized carbons (Fsp3) is 0.0952. The van der Waals surface area contributed by atoms with Gasteiger partial charge in [0.25, 0.3) is 0 Å². The molecule has 0 amide bonds. The Morgan fingerprint density at radius 1 is 0.960 bits per heavy atom. The van der Waals surface area contributed by atoms with Crippen molar-refractivity contribution in [2.75, 3.05) is 19.0 Å². The molecule has 0 atom stereocenters. The Morgan fingerprint density at radius 2 is 1.64 bits per heavy atom. The zero-order valence-corrected chi connectivity index (χ0v) is 15.0. The molecule has 0 spiro atoms. The monoisotopic (exact) mass is 349 g/mol. The van der Waals surface area contributed by atoms with Crippen LogP contribution in [0.15, 0.2) is 66.7 Å². The molecule has 1 aromatic heterocycles. The SMILES string of the molecule is CN(C)c1ccc(-c2ccc(C=C(C(=O)O)c3ccccc3)s2)cc1. The number of nitrogens with zero attached hydrogens (tertiary/aromatic N) is 1. The molecule has 0 aliphatic carbocycles. The van der Waals surface area contributed by atoms with Gasteiger partial charge in [-0.3, -0.25) is 0 Å². The van der Waals surface area contributed by atoms with Crippen LogP contribution in [0.3, 0.4) is 0 Å². The first-order valence-corrected chi connectivity index (χ1v) is 8.74. The van der Waals surface area contributed by atoms with Crippen molar-refractivity contribution >= 4 is 34.6 Å². The van der Waals surface area contributed by atoms with Crippen molar-refractivity contribution in [3.8, 4) is 10.4 Å². The zero-order chi connectivity index (χ0) is 17.8. The summed E-state index contributed by atoms with van der Waals surface area (Å²) < 4.78 is 0. The summed E-state index contributed by atoms with van der Waals surface area (Å²) in [6, 6.07) is 21.5. The van der Waals surface area contributed by atoms with E-state index in [1.807, 2.05) is 56.6 Å². The highest BCUT2D eigenvalue weighted by molar-refractivity contribution is 7.16. The molecular formula is C21H19NO2S. The minimum atomic E-state index is -0.920. The van der Waals surface area contributed by atoms with Crippen LogP contribution >= 0.6 is 11.3 Å². The van der Waals surface area contributed by atoms with Crippen LogP contribution in [-0.2, 0) is 4.79 Å². The molecule has 0 saturated carbocycles. The molecule has 0 radical (unpaired) electrons. The first kappa shape index (κ1) is 17.0. The van der Waals surface area contributed by atoms with E-state index in [1.165, 1.54) is 0 Å². The topological polar surface area (TPSA) is 40.5 Å². The quantitative estimate of drug-likeness (QED) is 0.651. The lowest BCUT2D eigenvalue weighted by atomic mass is 10.1. The molecule has 3 aromatic rings. The molecule has 126 valence electrons. The van der Waals surface area contributed by atoms with E-state index < -0.39 is 5.97 Å². The van der Waals surface area contributed by atoms with E-state index in [4.69, 9.17) is 0 Å². The van der Waals surface area contributed by atoms with Gasteiger partial charge in [0.2, 0.25) is 0 Å². The van der Waals surface area contributed by atoms with Crippen LogP contribution in [-0.4, -0.2) is 25.2 Å². The van der Waals surface area contributed by atoms with E-state index in [-0.39, 0.29) is 0 Å². The van der Waals surface area contributed by atoms with E-state index >= 15 is 0 Å². The predicted octanol–water partition coefficient (Wildman–Crippen LogP) is 5.11. The van der Waals surface area contributed by atoms with Gasteiger partial charge in [0.05, 0.1) is 5.57 Å². The molecule has 1 N–H and O–H groups in total. The summed E-state index contributed by atoms with van der Waals surface area (Å²) in [5.41, 5.74) is 3.29. The minimum absolute atomic E-state index is 0.303. The highest BCUT2D eigenvalue weighted by Gasteiger charge is 2.11. The standard InChI is InChI=1S/C21H19NO2S/c1-22(2)17-10-8-16(9-11-17)20-13-12-18(25-20)14-19(21(23)24)15-6-4-3-5-7-15/h3-14H,1-2H3,(H,23,24). The summed E-state index contributed by atoms with van der Waals surface area (Å²) in [6.45, 7) is 0. The van der Waals surface area contributed by atoms with Crippen LogP contribution < -0.4 is 4.90 Å². The lowest BCUT2D eigenvalue weighted by Crippen LogP contribution is -2.07. The molecule has 4 heteroatoms. The number of carbonyl (C=O) groups is 1. The fourth-order valence-electron chi connectivity index (χ4n) is 2.54. The van der Waals surface area contributed by atoms with Gasteiger partial charge in [-0.15, -0.1) is 11.3 Å². The Morgan fingerprint density at radius 3 is 2.24 bits per heavy atom. The van der Waals surface area contributed by atoms with Crippen LogP contribution in [0.1, 0.15) is 10.4 Å². The zero-order valence-electron chi connectivity index (χ0n) is 14.1. The van der Waals surface area contributed by atoms with Crippen LogP contribution in [0.25, 0.3) is 22.1 Å². The number of carboxylic acids is 1. The molecule has 3 rings (SSSR count). The van der Waals surface area contributed by atoms with Gasteiger partial charge in [-0.1, -0.05) is 42.5 Å². The Labute approximate surface area is 151 Å². The summed E-state index contributed by atoms with van der Waals surface area (Å²) >= 11 is 1.59. The predicted molar refractivity (Wildman–Crippen MR) is 106 cm³/mol. The maximum atomic E-state index is 11.6. The van der Waals surface area contributed by atoms with E-state index in [9.17, 15) is 9.90 Å². The number of rotatable bonds is 5. The molecule has 0 saturated heterocycles. The maximum Gasteiger partial charge on any atom is 0.336 e. The average Bonchev–Trinajstić information content (AvgIpc) is 3.09. The van der Waals surface area contributed by atoms with Gasteiger partial charge in [0.1, 0.15) is 0 Å². The summed E-state index contributed by atoms with van der Waals surface area (Å²) in [4.78, 5) is 15.7. The Balaban J connectivity index is 1.91. The summed E-state index contributed by atoms with van der Waals surface area (Å²) in [6.07, 6.45) is 1.74. The van der Waals surface area contributed by atoms with Crippen molar-refractivity contribution in [3.63, 3.8) is 0 Å². The molecule has 25 heavy (non-hydrogen) atoms. The number of hydrogen-bond donors (Lipinski definition) is 1. The first-order chi connectivity index (χ1) is 12.0. The van der Waals surface area contributed by atoms with Gasteiger partial charge in [0, 0.05) is 29.5 Å². The Bertz CT molecular complexity index is 893. The highest BCUT2D eigenvalue weighted by atomic mass is 32.1. The van der Waals surface area contributed by atoms with Crippen LogP contribution in [0.4, 0.5) is 5.69 Å². The maximum absolute atomic E-state index is 11.6. The molecule has 0 unspecified atom stereocenters.